The van der Waals surface area contributed by atoms with Crippen LogP contribution in [0.15, 0.2) is 24.3 Å². The van der Waals surface area contributed by atoms with E-state index in [9.17, 15) is 13.6 Å². The molecule has 1 aromatic carbocycles. The van der Waals surface area contributed by atoms with Gasteiger partial charge in [0.1, 0.15) is 5.75 Å². The summed E-state index contributed by atoms with van der Waals surface area (Å²) in [5, 5.41) is 0. The van der Waals surface area contributed by atoms with Gasteiger partial charge < -0.3 is 4.74 Å². The molecule has 0 fully saturated rings. The minimum absolute atomic E-state index is 0.0637. The van der Waals surface area contributed by atoms with Crippen molar-refractivity contribution in [2.24, 2.45) is 5.92 Å². The smallest absolute Gasteiger partial charge is 0.387 e. The van der Waals surface area contributed by atoms with Crippen LogP contribution in [-0.2, 0) is 0 Å². The Balaban J connectivity index is 3.01. The van der Waals surface area contributed by atoms with Crippen LogP contribution in [0.1, 0.15) is 24.2 Å². The van der Waals surface area contributed by atoms with Gasteiger partial charge in [-0.15, -0.1) is 0 Å². The number of halogens is 2. The summed E-state index contributed by atoms with van der Waals surface area (Å²) in [5.74, 6) is -0.509. The molecule has 15 heavy (non-hydrogen) atoms. The van der Waals surface area contributed by atoms with Gasteiger partial charge in [0.15, 0.2) is 5.78 Å². The summed E-state index contributed by atoms with van der Waals surface area (Å²) in [6.45, 7) is 0.509. The van der Waals surface area contributed by atoms with Crippen LogP contribution in [-0.4, -0.2) is 12.4 Å². The van der Waals surface area contributed by atoms with Crippen LogP contribution in [0, 0.1) is 5.92 Å². The lowest BCUT2D eigenvalue weighted by molar-refractivity contribution is -0.0501. The molecule has 2 nitrogen and oxygen atoms in total. The van der Waals surface area contributed by atoms with E-state index in [0.29, 0.717) is 0 Å². The maximum Gasteiger partial charge on any atom is 0.387 e. The van der Waals surface area contributed by atoms with E-state index < -0.39 is 6.61 Å². The number of ether oxygens (including phenoxy) is 1. The Morgan fingerprint density at radius 2 is 1.87 bits per heavy atom. The Morgan fingerprint density at radius 1 is 1.27 bits per heavy atom. The second-order valence-electron chi connectivity index (χ2n) is 3.39. The summed E-state index contributed by atoms with van der Waals surface area (Å²) in [4.78, 5) is 11.6. The number of ketones is 1. The van der Waals surface area contributed by atoms with E-state index >= 15 is 0 Å². The molecular weight excluding hydrogens is 202 g/mol. The van der Waals surface area contributed by atoms with Crippen molar-refractivity contribution < 1.29 is 18.3 Å². The predicted octanol–water partition coefficient (Wildman–Crippen LogP) is 3.13. The molecule has 0 unspecified atom stereocenters. The van der Waals surface area contributed by atoms with Crippen LogP contribution in [0.25, 0.3) is 0 Å². The van der Waals surface area contributed by atoms with Crippen LogP contribution in [0.3, 0.4) is 0 Å². The molecule has 0 saturated carbocycles. The zero-order valence-electron chi connectivity index (χ0n) is 8.54. The van der Waals surface area contributed by atoms with E-state index in [0.717, 1.165) is 0 Å². The van der Waals surface area contributed by atoms with Crippen molar-refractivity contribution in [3.63, 3.8) is 0 Å². The van der Waals surface area contributed by atoms with Crippen LogP contribution in [0.5, 0.6) is 5.75 Å². The molecule has 0 amide bonds. The first-order valence-corrected chi connectivity index (χ1v) is 4.60. The molecular formula is C11H12F2O2. The van der Waals surface area contributed by atoms with E-state index in [2.05, 4.69) is 4.74 Å². The quantitative estimate of drug-likeness (QED) is 0.720. The van der Waals surface area contributed by atoms with Crippen molar-refractivity contribution >= 4 is 5.78 Å². The van der Waals surface area contributed by atoms with Gasteiger partial charge in [0.25, 0.3) is 0 Å². The number of Topliss-reactive ketones (excluding diaryl/α,β-unsaturated/α-hetero) is 1. The lowest BCUT2D eigenvalue weighted by atomic mass is 10.0. The van der Waals surface area contributed by atoms with E-state index in [-0.39, 0.29) is 23.0 Å². The standard InChI is InChI=1S/C11H12F2O2/c1-7(2)10(14)8-5-3-4-6-9(8)15-11(12)13/h3-7,11H,1-2H3. The molecule has 0 aliphatic rings. The predicted molar refractivity (Wildman–Crippen MR) is 52.2 cm³/mol. The Labute approximate surface area is 86.9 Å². The number of para-hydroxylation sites is 1. The Morgan fingerprint density at radius 3 is 2.40 bits per heavy atom. The molecule has 0 radical (unpaired) electrons. The zero-order valence-corrected chi connectivity index (χ0v) is 8.54. The molecule has 0 aromatic heterocycles. The Kier molecular flexibility index (Phi) is 3.77. The average Bonchev–Trinajstić information content (AvgIpc) is 2.16. The number of hydrogen-bond donors (Lipinski definition) is 0. The summed E-state index contributed by atoms with van der Waals surface area (Å²) in [5.41, 5.74) is 0.202. The molecule has 0 atom stereocenters. The van der Waals surface area contributed by atoms with Crippen molar-refractivity contribution in [2.45, 2.75) is 20.5 Å². The minimum atomic E-state index is -2.91. The largest absolute Gasteiger partial charge is 0.434 e. The maximum absolute atomic E-state index is 12.0. The van der Waals surface area contributed by atoms with Gasteiger partial charge in [-0.3, -0.25) is 4.79 Å². The summed E-state index contributed by atoms with van der Waals surface area (Å²) >= 11 is 0. The third-order valence-electron chi connectivity index (χ3n) is 1.89. The maximum atomic E-state index is 12.0. The van der Waals surface area contributed by atoms with Crippen molar-refractivity contribution in [3.8, 4) is 5.75 Å². The van der Waals surface area contributed by atoms with Crippen LogP contribution >= 0.6 is 0 Å². The van der Waals surface area contributed by atoms with E-state index in [1.54, 1.807) is 26.0 Å². The van der Waals surface area contributed by atoms with Crippen molar-refractivity contribution in [2.75, 3.05) is 0 Å². The van der Waals surface area contributed by atoms with Gasteiger partial charge in [0.05, 0.1) is 5.56 Å². The van der Waals surface area contributed by atoms with Gasteiger partial charge in [-0.05, 0) is 12.1 Å². The van der Waals surface area contributed by atoms with Crippen molar-refractivity contribution in [1.29, 1.82) is 0 Å². The van der Waals surface area contributed by atoms with Gasteiger partial charge in [-0.2, -0.15) is 8.78 Å². The number of carbonyl (C=O) groups excluding carboxylic acids is 1. The fourth-order valence-corrected chi connectivity index (χ4v) is 1.18. The summed E-state index contributed by atoms with van der Waals surface area (Å²) < 4.78 is 28.3. The summed E-state index contributed by atoms with van der Waals surface area (Å²) in [6, 6.07) is 6.02. The monoisotopic (exact) mass is 214 g/mol. The van der Waals surface area contributed by atoms with Crippen molar-refractivity contribution in [3.05, 3.63) is 29.8 Å². The summed E-state index contributed by atoms with van der Waals surface area (Å²) in [6.07, 6.45) is 0. The second-order valence-corrected chi connectivity index (χ2v) is 3.39. The molecule has 0 N–H and O–H groups in total. The molecule has 1 rings (SSSR count). The first kappa shape index (κ1) is 11.6. The highest BCUT2D eigenvalue weighted by Crippen LogP contribution is 2.22. The molecule has 0 saturated heterocycles. The van der Waals surface area contributed by atoms with E-state index in [4.69, 9.17) is 0 Å². The lowest BCUT2D eigenvalue weighted by Crippen LogP contribution is -2.11. The molecule has 0 heterocycles. The average molecular weight is 214 g/mol. The highest BCUT2D eigenvalue weighted by atomic mass is 19.3. The second kappa shape index (κ2) is 4.87. The lowest BCUT2D eigenvalue weighted by Gasteiger charge is -2.10. The SMILES string of the molecule is CC(C)C(=O)c1ccccc1OC(F)F. The molecule has 0 spiro atoms. The van der Waals surface area contributed by atoms with Gasteiger partial charge >= 0.3 is 6.61 Å². The zero-order chi connectivity index (χ0) is 11.4. The van der Waals surface area contributed by atoms with Gasteiger partial charge in [-0.25, -0.2) is 0 Å². The molecule has 4 heteroatoms. The van der Waals surface area contributed by atoms with Gasteiger partial charge in [-0.1, -0.05) is 26.0 Å². The molecule has 82 valence electrons. The fourth-order valence-electron chi connectivity index (χ4n) is 1.18. The van der Waals surface area contributed by atoms with Crippen LogP contribution < -0.4 is 4.74 Å². The molecule has 0 aliphatic heterocycles. The van der Waals surface area contributed by atoms with Crippen LogP contribution in [0.4, 0.5) is 8.78 Å². The third kappa shape index (κ3) is 3.01. The number of benzene rings is 1. The van der Waals surface area contributed by atoms with Gasteiger partial charge in [0, 0.05) is 5.92 Å². The summed E-state index contributed by atoms with van der Waals surface area (Å²) in [7, 11) is 0. The number of hydrogen-bond acceptors (Lipinski definition) is 2. The highest BCUT2D eigenvalue weighted by molar-refractivity contribution is 5.99. The number of alkyl halides is 2. The Bertz CT molecular complexity index is 348. The molecule has 0 bridgehead atoms. The fraction of sp³-hybridized carbons (Fsp3) is 0.364. The first-order chi connectivity index (χ1) is 7.02. The Hall–Kier alpha value is -1.45. The molecule has 0 aliphatic carbocycles. The van der Waals surface area contributed by atoms with Gasteiger partial charge in [0.2, 0.25) is 0 Å². The first-order valence-electron chi connectivity index (χ1n) is 4.60. The van der Waals surface area contributed by atoms with Crippen molar-refractivity contribution in [1.82, 2.24) is 0 Å². The van der Waals surface area contributed by atoms with E-state index in [1.165, 1.54) is 12.1 Å². The van der Waals surface area contributed by atoms with Crippen LogP contribution in [0.2, 0.25) is 0 Å². The number of rotatable bonds is 4. The molecule has 1 aromatic rings. The minimum Gasteiger partial charge on any atom is -0.434 e. The normalized spacial score (nSPS) is 10.8. The topological polar surface area (TPSA) is 26.3 Å². The third-order valence-corrected chi connectivity index (χ3v) is 1.89. The number of carbonyl (C=O) groups is 1. The van der Waals surface area contributed by atoms with E-state index in [1.807, 2.05) is 0 Å². The highest BCUT2D eigenvalue weighted by Gasteiger charge is 2.17.